The van der Waals surface area contributed by atoms with Crippen LogP contribution in [0, 0.1) is 5.92 Å². The summed E-state index contributed by atoms with van der Waals surface area (Å²) in [6.45, 7) is 4.24. The number of aliphatic hydroxyl groups is 1. The third kappa shape index (κ3) is 25.7. The molecule has 3 N–H and O–H groups in total. The van der Waals surface area contributed by atoms with Gasteiger partial charge in [0.25, 0.3) is 0 Å². The van der Waals surface area contributed by atoms with Gasteiger partial charge in [-0.1, -0.05) is 117 Å². The van der Waals surface area contributed by atoms with Crippen molar-refractivity contribution in [3.8, 4) is 0 Å². The molecule has 0 aromatic rings. The first-order valence-corrected chi connectivity index (χ1v) is 17.9. The lowest BCUT2D eigenvalue weighted by atomic mass is 9.92. The Morgan fingerprint density at radius 1 is 0.732 bits per heavy atom. The summed E-state index contributed by atoms with van der Waals surface area (Å²) < 4.78 is 28.5. The summed E-state index contributed by atoms with van der Waals surface area (Å²) in [5.41, 5.74) is 0. The van der Waals surface area contributed by atoms with Crippen LogP contribution < -0.4 is 0 Å². The fraction of sp³-hybridized carbons (Fsp3) is 0.968. The molecule has 10 heteroatoms. The molecule has 4 atom stereocenters. The molecule has 0 radical (unpaired) electrons. The molecule has 9 nitrogen and oxygen atoms in total. The number of carbonyl (C=O) groups is 1. The number of phosphoric ester groups is 1. The van der Waals surface area contributed by atoms with Gasteiger partial charge in [0.05, 0.1) is 46.4 Å². The number of hydrogen-bond donors (Lipinski definition) is 3. The first-order valence-electron chi connectivity index (χ1n) is 16.4. The van der Waals surface area contributed by atoms with Gasteiger partial charge in [0.15, 0.2) is 0 Å². The zero-order chi connectivity index (χ0) is 31.0. The van der Waals surface area contributed by atoms with Gasteiger partial charge in [0, 0.05) is 0 Å². The fourth-order valence-electron chi connectivity index (χ4n) is 4.76. The second-order valence-electron chi connectivity index (χ2n) is 12.6. The lowest BCUT2D eigenvalue weighted by Gasteiger charge is -2.26. The van der Waals surface area contributed by atoms with Crippen LogP contribution in [-0.4, -0.2) is 85.3 Å². The molecule has 0 aromatic heterocycles. The number of aliphatic hydroxyl groups excluding tert-OH is 1. The van der Waals surface area contributed by atoms with Crippen LogP contribution in [0.4, 0.5) is 0 Å². The maximum absolute atomic E-state index is 12.1. The number of carboxylic acids is 1. The standard InChI is InChI=1S/C31H64NO8P/c1-6-8-10-11-12-13-14-15-16-17-18-19-20-21-23-30(29(31(34)35)22-9-7-2)38-26-28(33)27-40-41(36,37)39-25-24-32(3,4)5/h28-30,33H,6-27H2,1-5H3,(H-,34,35,36,37)/p+1. The van der Waals surface area contributed by atoms with E-state index in [2.05, 4.69) is 6.92 Å². The van der Waals surface area contributed by atoms with E-state index in [4.69, 9.17) is 13.8 Å². The highest BCUT2D eigenvalue weighted by molar-refractivity contribution is 7.47. The lowest BCUT2D eigenvalue weighted by molar-refractivity contribution is -0.870. The second-order valence-corrected chi connectivity index (χ2v) is 14.1. The maximum atomic E-state index is 12.1. The van der Waals surface area contributed by atoms with E-state index in [1.165, 1.54) is 70.6 Å². The number of likely N-dealkylation sites (N-methyl/N-ethyl adjacent to an activating group) is 1. The number of carboxylic acid groups (broad SMARTS) is 1. The Labute approximate surface area is 251 Å². The van der Waals surface area contributed by atoms with Crippen LogP contribution >= 0.6 is 7.82 Å². The van der Waals surface area contributed by atoms with Crippen LogP contribution in [0.15, 0.2) is 0 Å². The smallest absolute Gasteiger partial charge is 0.472 e. The number of hydrogen-bond acceptors (Lipinski definition) is 6. The predicted octanol–water partition coefficient (Wildman–Crippen LogP) is 7.33. The van der Waals surface area contributed by atoms with Crippen molar-refractivity contribution in [1.82, 2.24) is 0 Å². The molecule has 0 spiro atoms. The Balaban J connectivity index is 4.41. The average molecular weight is 611 g/mol. The Morgan fingerprint density at radius 2 is 1.22 bits per heavy atom. The monoisotopic (exact) mass is 610 g/mol. The van der Waals surface area contributed by atoms with Gasteiger partial charge < -0.3 is 24.3 Å². The molecule has 0 aliphatic carbocycles. The molecule has 246 valence electrons. The minimum atomic E-state index is -4.29. The van der Waals surface area contributed by atoms with E-state index < -0.39 is 38.5 Å². The summed E-state index contributed by atoms with van der Waals surface area (Å²) in [6, 6.07) is 0. The molecule has 41 heavy (non-hydrogen) atoms. The SMILES string of the molecule is CCCCCCCCCCCCCCCCC(OCC(O)COP(=O)(O)OCC[N+](C)(C)C)C(CCCC)C(=O)O. The van der Waals surface area contributed by atoms with Crippen molar-refractivity contribution in [3.05, 3.63) is 0 Å². The van der Waals surface area contributed by atoms with Crippen molar-refractivity contribution in [2.75, 3.05) is 47.5 Å². The minimum Gasteiger partial charge on any atom is -0.481 e. The molecular formula is C31H65NO8P+. The average Bonchev–Trinajstić information content (AvgIpc) is 2.89. The molecule has 0 amide bonds. The van der Waals surface area contributed by atoms with Crippen molar-refractivity contribution < 1.29 is 42.7 Å². The second kappa shape index (κ2) is 24.9. The molecule has 0 heterocycles. The van der Waals surface area contributed by atoms with Crippen molar-refractivity contribution in [2.24, 2.45) is 5.92 Å². The van der Waals surface area contributed by atoms with Gasteiger partial charge in [-0.25, -0.2) is 4.57 Å². The third-order valence-corrected chi connectivity index (χ3v) is 8.41. The van der Waals surface area contributed by atoms with Gasteiger partial charge in [0.1, 0.15) is 19.3 Å². The molecule has 0 saturated heterocycles. The third-order valence-electron chi connectivity index (χ3n) is 7.43. The summed E-state index contributed by atoms with van der Waals surface area (Å²) in [5, 5.41) is 20.2. The lowest BCUT2D eigenvalue weighted by Crippen LogP contribution is -2.37. The number of nitrogens with zero attached hydrogens (tertiary/aromatic N) is 1. The van der Waals surface area contributed by atoms with Crippen molar-refractivity contribution in [2.45, 2.75) is 142 Å². The van der Waals surface area contributed by atoms with Gasteiger partial charge in [0.2, 0.25) is 0 Å². The molecular weight excluding hydrogens is 545 g/mol. The van der Waals surface area contributed by atoms with E-state index in [-0.39, 0.29) is 13.2 Å². The van der Waals surface area contributed by atoms with E-state index in [1.807, 2.05) is 28.1 Å². The van der Waals surface area contributed by atoms with E-state index in [1.54, 1.807) is 0 Å². The number of unbranched alkanes of at least 4 members (excludes halogenated alkanes) is 14. The number of aliphatic carboxylic acids is 1. The van der Waals surface area contributed by atoms with Gasteiger partial charge in [-0.3, -0.25) is 13.8 Å². The predicted molar refractivity (Wildman–Crippen MR) is 166 cm³/mol. The van der Waals surface area contributed by atoms with Crippen LogP contribution in [-0.2, 0) is 23.1 Å². The molecule has 0 aliphatic heterocycles. The van der Waals surface area contributed by atoms with Gasteiger partial charge in [-0.2, -0.15) is 0 Å². The summed E-state index contributed by atoms with van der Waals surface area (Å²) in [5.74, 6) is -1.53. The maximum Gasteiger partial charge on any atom is 0.472 e. The molecule has 0 rings (SSSR count). The number of phosphoric acid groups is 1. The first kappa shape index (κ1) is 40.5. The molecule has 0 aliphatic rings. The van der Waals surface area contributed by atoms with Gasteiger partial charge >= 0.3 is 13.8 Å². The van der Waals surface area contributed by atoms with Gasteiger partial charge in [-0.15, -0.1) is 0 Å². The zero-order valence-corrected chi connectivity index (χ0v) is 28.0. The number of quaternary nitrogens is 1. The minimum absolute atomic E-state index is 0.0445. The number of rotatable bonds is 30. The van der Waals surface area contributed by atoms with E-state index in [0.29, 0.717) is 23.9 Å². The topological polar surface area (TPSA) is 123 Å². The Hall–Kier alpha value is -0.540. The van der Waals surface area contributed by atoms with Crippen LogP contribution in [0.2, 0.25) is 0 Å². The van der Waals surface area contributed by atoms with E-state index in [0.717, 1.165) is 32.1 Å². The van der Waals surface area contributed by atoms with E-state index >= 15 is 0 Å². The Kier molecular flexibility index (Phi) is 24.5. The highest BCUT2D eigenvalue weighted by atomic mass is 31.2. The highest BCUT2D eigenvalue weighted by Crippen LogP contribution is 2.43. The fourth-order valence-corrected chi connectivity index (χ4v) is 5.51. The molecule has 0 saturated carbocycles. The number of ether oxygens (including phenoxy) is 1. The molecule has 0 bridgehead atoms. The Morgan fingerprint density at radius 3 is 1.68 bits per heavy atom. The first-order chi connectivity index (χ1) is 19.4. The summed E-state index contributed by atoms with van der Waals surface area (Å²) in [4.78, 5) is 21.9. The van der Waals surface area contributed by atoms with Gasteiger partial charge in [-0.05, 0) is 12.8 Å². The quantitative estimate of drug-likeness (QED) is 0.0439. The largest absolute Gasteiger partial charge is 0.481 e. The normalized spacial score (nSPS) is 15.9. The molecule has 4 unspecified atom stereocenters. The van der Waals surface area contributed by atoms with Crippen molar-refractivity contribution >= 4 is 13.8 Å². The zero-order valence-electron chi connectivity index (χ0n) is 27.1. The molecule has 0 fully saturated rings. The highest BCUT2D eigenvalue weighted by Gasteiger charge is 2.29. The van der Waals surface area contributed by atoms with Crippen molar-refractivity contribution in [1.29, 1.82) is 0 Å². The van der Waals surface area contributed by atoms with Crippen LogP contribution in [0.1, 0.15) is 129 Å². The molecule has 0 aromatic carbocycles. The van der Waals surface area contributed by atoms with Crippen molar-refractivity contribution in [3.63, 3.8) is 0 Å². The van der Waals surface area contributed by atoms with E-state index in [9.17, 15) is 24.5 Å². The van der Waals surface area contributed by atoms with Crippen LogP contribution in [0.3, 0.4) is 0 Å². The van der Waals surface area contributed by atoms with Crippen LogP contribution in [0.5, 0.6) is 0 Å². The summed E-state index contributed by atoms with van der Waals surface area (Å²) in [7, 11) is 1.52. The summed E-state index contributed by atoms with van der Waals surface area (Å²) in [6.07, 6.45) is 18.7. The summed E-state index contributed by atoms with van der Waals surface area (Å²) >= 11 is 0. The Bertz CT molecular complexity index is 673. The van der Waals surface area contributed by atoms with Crippen LogP contribution in [0.25, 0.3) is 0 Å².